The number of hydrogen-bond acceptors (Lipinski definition) is 2. The van der Waals surface area contributed by atoms with Crippen LogP contribution in [0.1, 0.15) is 35.2 Å². The first-order chi connectivity index (χ1) is 9.61. The fraction of sp³-hybridized carbons (Fsp3) is 0.333. The second-order valence-electron chi connectivity index (χ2n) is 5.25. The second-order valence-corrected chi connectivity index (χ2v) is 5.25. The quantitative estimate of drug-likeness (QED) is 0.880. The summed E-state index contributed by atoms with van der Waals surface area (Å²) in [6.07, 6.45) is 0. The zero-order valence-corrected chi connectivity index (χ0v) is 12.7. The van der Waals surface area contributed by atoms with Gasteiger partial charge in [0, 0.05) is 12.6 Å². The van der Waals surface area contributed by atoms with Crippen LogP contribution in [-0.4, -0.2) is 7.11 Å². The molecule has 0 saturated carbocycles. The first kappa shape index (κ1) is 14.6. The lowest BCUT2D eigenvalue weighted by atomic mass is 10.0. The van der Waals surface area contributed by atoms with Crippen LogP contribution < -0.4 is 10.1 Å². The second kappa shape index (κ2) is 6.58. The molecular formula is C18H23NO. The van der Waals surface area contributed by atoms with E-state index in [0.717, 1.165) is 12.3 Å². The van der Waals surface area contributed by atoms with E-state index in [1.807, 2.05) is 12.1 Å². The van der Waals surface area contributed by atoms with Crippen molar-refractivity contribution < 1.29 is 4.74 Å². The number of methoxy groups -OCH3 is 1. The normalized spacial score (nSPS) is 12.2. The summed E-state index contributed by atoms with van der Waals surface area (Å²) in [5.74, 6) is 0.906. The Morgan fingerprint density at radius 2 is 1.70 bits per heavy atom. The van der Waals surface area contributed by atoms with Gasteiger partial charge in [0.1, 0.15) is 5.75 Å². The fourth-order valence-electron chi connectivity index (χ4n) is 2.41. The molecule has 2 aromatic carbocycles. The first-order valence-corrected chi connectivity index (χ1v) is 7.04. The van der Waals surface area contributed by atoms with Gasteiger partial charge in [0.05, 0.1) is 7.11 Å². The molecule has 0 fully saturated rings. The fourth-order valence-corrected chi connectivity index (χ4v) is 2.41. The van der Waals surface area contributed by atoms with Gasteiger partial charge in [-0.15, -0.1) is 0 Å². The molecule has 2 aromatic rings. The Morgan fingerprint density at radius 3 is 2.35 bits per heavy atom. The highest BCUT2D eigenvalue weighted by Gasteiger charge is 2.08. The molecule has 1 atom stereocenters. The van der Waals surface area contributed by atoms with Gasteiger partial charge in [-0.1, -0.05) is 30.3 Å². The maximum atomic E-state index is 5.28. The third kappa shape index (κ3) is 3.40. The zero-order chi connectivity index (χ0) is 14.5. The van der Waals surface area contributed by atoms with E-state index in [9.17, 15) is 0 Å². The van der Waals surface area contributed by atoms with E-state index in [2.05, 4.69) is 56.4 Å². The Bertz CT molecular complexity index is 557. The van der Waals surface area contributed by atoms with Crippen LogP contribution in [0.3, 0.4) is 0 Å². The average molecular weight is 269 g/mol. The molecule has 106 valence electrons. The molecule has 2 heteroatoms. The van der Waals surface area contributed by atoms with Crippen molar-refractivity contribution in [2.45, 2.75) is 33.4 Å². The van der Waals surface area contributed by atoms with Crippen LogP contribution in [0.2, 0.25) is 0 Å². The Hall–Kier alpha value is -1.80. The SMILES string of the molecule is COc1cccc([C@H](C)NCc2c(C)cccc2C)c1. The van der Waals surface area contributed by atoms with Gasteiger partial charge in [0.15, 0.2) is 0 Å². The Balaban J connectivity index is 2.06. The van der Waals surface area contributed by atoms with Gasteiger partial charge in [-0.2, -0.15) is 0 Å². The van der Waals surface area contributed by atoms with Crippen LogP contribution >= 0.6 is 0 Å². The summed E-state index contributed by atoms with van der Waals surface area (Å²) in [6, 6.07) is 15.0. The predicted molar refractivity (Wildman–Crippen MR) is 84.2 cm³/mol. The van der Waals surface area contributed by atoms with E-state index >= 15 is 0 Å². The molecule has 0 aliphatic rings. The van der Waals surface area contributed by atoms with E-state index in [4.69, 9.17) is 4.74 Å². The maximum Gasteiger partial charge on any atom is 0.119 e. The van der Waals surface area contributed by atoms with Crippen molar-refractivity contribution in [3.05, 3.63) is 64.7 Å². The van der Waals surface area contributed by atoms with E-state index in [1.165, 1.54) is 22.3 Å². The molecule has 0 amide bonds. The number of hydrogen-bond donors (Lipinski definition) is 1. The van der Waals surface area contributed by atoms with E-state index in [1.54, 1.807) is 7.11 Å². The summed E-state index contributed by atoms with van der Waals surface area (Å²) in [5, 5.41) is 3.59. The molecule has 20 heavy (non-hydrogen) atoms. The summed E-state index contributed by atoms with van der Waals surface area (Å²) in [4.78, 5) is 0. The van der Waals surface area contributed by atoms with Crippen molar-refractivity contribution in [3.8, 4) is 5.75 Å². The van der Waals surface area contributed by atoms with Crippen LogP contribution in [0.25, 0.3) is 0 Å². The minimum Gasteiger partial charge on any atom is -0.497 e. The van der Waals surface area contributed by atoms with E-state index in [0.29, 0.717) is 6.04 Å². The van der Waals surface area contributed by atoms with Crippen LogP contribution in [-0.2, 0) is 6.54 Å². The molecule has 0 bridgehead atoms. The van der Waals surface area contributed by atoms with Crippen LogP contribution in [0, 0.1) is 13.8 Å². The monoisotopic (exact) mass is 269 g/mol. The van der Waals surface area contributed by atoms with Crippen molar-refractivity contribution in [2.75, 3.05) is 7.11 Å². The summed E-state index contributed by atoms with van der Waals surface area (Å²) in [5.41, 5.74) is 5.32. The van der Waals surface area contributed by atoms with Crippen molar-refractivity contribution in [1.82, 2.24) is 5.32 Å². The molecular weight excluding hydrogens is 246 g/mol. The summed E-state index contributed by atoms with van der Waals surface area (Å²) in [7, 11) is 1.70. The highest BCUT2D eigenvalue weighted by molar-refractivity contribution is 5.34. The molecule has 0 aliphatic carbocycles. The number of aryl methyl sites for hydroxylation is 2. The standard InChI is InChI=1S/C18H23NO/c1-13-7-5-8-14(2)18(13)12-19-15(3)16-9-6-10-17(11-16)20-4/h5-11,15,19H,12H2,1-4H3/t15-/m0/s1. The molecule has 0 heterocycles. The molecule has 0 spiro atoms. The molecule has 0 aromatic heterocycles. The Labute approximate surface area is 121 Å². The van der Waals surface area contributed by atoms with Crippen molar-refractivity contribution in [3.63, 3.8) is 0 Å². The maximum absolute atomic E-state index is 5.28. The first-order valence-electron chi connectivity index (χ1n) is 7.04. The molecule has 2 rings (SSSR count). The van der Waals surface area contributed by atoms with Crippen LogP contribution in [0.5, 0.6) is 5.75 Å². The van der Waals surface area contributed by atoms with Crippen molar-refractivity contribution >= 4 is 0 Å². The molecule has 0 aliphatic heterocycles. The molecule has 0 saturated heterocycles. The summed E-state index contributed by atoms with van der Waals surface area (Å²) >= 11 is 0. The van der Waals surface area contributed by atoms with Gasteiger partial charge in [-0.25, -0.2) is 0 Å². The van der Waals surface area contributed by atoms with E-state index in [-0.39, 0.29) is 0 Å². The molecule has 0 unspecified atom stereocenters. The van der Waals surface area contributed by atoms with Gasteiger partial charge in [0.25, 0.3) is 0 Å². The van der Waals surface area contributed by atoms with Gasteiger partial charge in [-0.3, -0.25) is 0 Å². The minimum absolute atomic E-state index is 0.295. The highest BCUT2D eigenvalue weighted by atomic mass is 16.5. The van der Waals surface area contributed by atoms with Gasteiger partial charge in [-0.05, 0) is 55.2 Å². The third-order valence-corrected chi connectivity index (χ3v) is 3.82. The number of ether oxygens (including phenoxy) is 1. The molecule has 1 N–H and O–H groups in total. The lowest BCUT2D eigenvalue weighted by Crippen LogP contribution is -2.19. The van der Waals surface area contributed by atoms with Crippen molar-refractivity contribution in [2.24, 2.45) is 0 Å². The minimum atomic E-state index is 0.295. The average Bonchev–Trinajstić information content (AvgIpc) is 2.46. The van der Waals surface area contributed by atoms with Gasteiger partial charge >= 0.3 is 0 Å². The summed E-state index contributed by atoms with van der Waals surface area (Å²) < 4.78 is 5.28. The predicted octanol–water partition coefficient (Wildman–Crippen LogP) is 4.16. The van der Waals surface area contributed by atoms with E-state index < -0.39 is 0 Å². The van der Waals surface area contributed by atoms with Gasteiger partial charge < -0.3 is 10.1 Å². The van der Waals surface area contributed by atoms with Gasteiger partial charge in [0.2, 0.25) is 0 Å². The molecule has 0 radical (unpaired) electrons. The topological polar surface area (TPSA) is 21.3 Å². The molecule has 2 nitrogen and oxygen atoms in total. The van der Waals surface area contributed by atoms with Crippen LogP contribution in [0.15, 0.2) is 42.5 Å². The lowest BCUT2D eigenvalue weighted by Gasteiger charge is -2.17. The zero-order valence-electron chi connectivity index (χ0n) is 12.7. The highest BCUT2D eigenvalue weighted by Crippen LogP contribution is 2.20. The lowest BCUT2D eigenvalue weighted by molar-refractivity contribution is 0.413. The largest absolute Gasteiger partial charge is 0.497 e. The Kier molecular flexibility index (Phi) is 4.80. The number of nitrogens with one attached hydrogen (secondary N) is 1. The summed E-state index contributed by atoms with van der Waals surface area (Å²) in [6.45, 7) is 7.40. The van der Waals surface area contributed by atoms with Crippen molar-refractivity contribution in [1.29, 1.82) is 0 Å². The number of benzene rings is 2. The van der Waals surface area contributed by atoms with Crippen LogP contribution in [0.4, 0.5) is 0 Å². The Morgan fingerprint density at radius 1 is 1.05 bits per heavy atom. The smallest absolute Gasteiger partial charge is 0.119 e. The number of rotatable bonds is 5. The third-order valence-electron chi connectivity index (χ3n) is 3.82.